The van der Waals surface area contributed by atoms with Crippen molar-refractivity contribution < 1.29 is 0 Å². The average Bonchev–Trinajstić information content (AvgIpc) is 2.53. The Morgan fingerprint density at radius 3 is 2.85 bits per heavy atom. The van der Waals surface area contributed by atoms with Gasteiger partial charge < -0.3 is 0 Å². The normalized spacial score (nSPS) is 10.3. The molecule has 0 aromatic carbocycles. The van der Waals surface area contributed by atoms with Gasteiger partial charge in [-0.05, 0) is 28.9 Å². The summed E-state index contributed by atoms with van der Waals surface area (Å²) >= 11 is 3.24. The van der Waals surface area contributed by atoms with Crippen LogP contribution in [0.15, 0.2) is 29.3 Å². The maximum atomic E-state index is 4.18. The van der Waals surface area contributed by atoms with Crippen LogP contribution in [0.1, 0.15) is 5.69 Å². The molecule has 2 aromatic heterocycles. The fraction of sp³-hybridized carbons (Fsp3) is 0.125. The Morgan fingerprint density at radius 2 is 2.23 bits per heavy atom. The minimum Gasteiger partial charge on any atom is -0.227 e. The Balaban J connectivity index is 2.53. The minimum atomic E-state index is 0.581. The molecule has 0 saturated carbocycles. The fourth-order valence-corrected chi connectivity index (χ4v) is 1.50. The van der Waals surface area contributed by atoms with Gasteiger partial charge in [0.25, 0.3) is 0 Å². The molecule has 0 radical (unpaired) electrons. The van der Waals surface area contributed by atoms with E-state index < -0.39 is 0 Å². The molecular weight excluding hydrogens is 232 g/mol. The van der Waals surface area contributed by atoms with Crippen molar-refractivity contribution in [1.82, 2.24) is 19.7 Å². The SMILES string of the molecule is Cc1cc(-n2cccn2)nc(Br)n1. The first-order valence-electron chi connectivity index (χ1n) is 3.77. The zero-order valence-electron chi connectivity index (χ0n) is 6.98. The summed E-state index contributed by atoms with van der Waals surface area (Å²) in [7, 11) is 0. The van der Waals surface area contributed by atoms with Crippen molar-refractivity contribution in [3.8, 4) is 5.82 Å². The largest absolute Gasteiger partial charge is 0.227 e. The molecule has 4 nitrogen and oxygen atoms in total. The van der Waals surface area contributed by atoms with Crippen molar-refractivity contribution in [2.24, 2.45) is 0 Å². The van der Waals surface area contributed by atoms with Crippen LogP contribution in [-0.2, 0) is 0 Å². The second-order valence-electron chi connectivity index (χ2n) is 2.59. The summed E-state index contributed by atoms with van der Waals surface area (Å²) in [6.07, 6.45) is 3.56. The van der Waals surface area contributed by atoms with Crippen molar-refractivity contribution in [3.05, 3.63) is 35.0 Å². The molecule has 13 heavy (non-hydrogen) atoms. The van der Waals surface area contributed by atoms with Gasteiger partial charge in [0, 0.05) is 24.2 Å². The van der Waals surface area contributed by atoms with Crippen LogP contribution in [0.3, 0.4) is 0 Å². The molecular formula is C8H7BrN4. The Hall–Kier alpha value is -1.23. The van der Waals surface area contributed by atoms with Gasteiger partial charge in [-0.2, -0.15) is 5.10 Å². The molecule has 0 bridgehead atoms. The smallest absolute Gasteiger partial charge is 0.198 e. The second kappa shape index (κ2) is 3.26. The summed E-state index contributed by atoms with van der Waals surface area (Å²) < 4.78 is 2.28. The first-order chi connectivity index (χ1) is 6.25. The van der Waals surface area contributed by atoms with Gasteiger partial charge in [0.1, 0.15) is 0 Å². The lowest BCUT2D eigenvalue weighted by Crippen LogP contribution is -2.00. The van der Waals surface area contributed by atoms with Crippen molar-refractivity contribution in [2.45, 2.75) is 6.92 Å². The molecule has 2 aromatic rings. The molecule has 2 rings (SSSR count). The van der Waals surface area contributed by atoms with Crippen LogP contribution >= 0.6 is 15.9 Å². The van der Waals surface area contributed by atoms with Crippen LogP contribution in [0.2, 0.25) is 0 Å². The number of aryl methyl sites for hydroxylation is 1. The van der Waals surface area contributed by atoms with Gasteiger partial charge in [-0.1, -0.05) is 0 Å². The van der Waals surface area contributed by atoms with Gasteiger partial charge >= 0.3 is 0 Å². The third kappa shape index (κ3) is 1.75. The van der Waals surface area contributed by atoms with Crippen molar-refractivity contribution in [3.63, 3.8) is 0 Å². The van der Waals surface area contributed by atoms with Crippen molar-refractivity contribution in [2.75, 3.05) is 0 Å². The molecule has 0 saturated heterocycles. The van der Waals surface area contributed by atoms with Gasteiger partial charge in [-0.25, -0.2) is 14.6 Å². The third-order valence-corrected chi connectivity index (χ3v) is 1.91. The predicted octanol–water partition coefficient (Wildman–Crippen LogP) is 1.73. The van der Waals surface area contributed by atoms with E-state index in [1.54, 1.807) is 10.9 Å². The first kappa shape index (κ1) is 8.37. The first-order valence-corrected chi connectivity index (χ1v) is 4.56. The topological polar surface area (TPSA) is 43.6 Å². The van der Waals surface area contributed by atoms with Crippen LogP contribution < -0.4 is 0 Å². The predicted molar refractivity (Wildman–Crippen MR) is 51.6 cm³/mol. The summed E-state index contributed by atoms with van der Waals surface area (Å²) in [5.41, 5.74) is 0.910. The number of halogens is 1. The van der Waals surface area contributed by atoms with E-state index in [-0.39, 0.29) is 0 Å². The molecule has 0 aliphatic rings. The van der Waals surface area contributed by atoms with Crippen LogP contribution in [-0.4, -0.2) is 19.7 Å². The summed E-state index contributed by atoms with van der Waals surface area (Å²) in [5.74, 6) is 0.768. The van der Waals surface area contributed by atoms with Crippen LogP contribution in [0.5, 0.6) is 0 Å². The van der Waals surface area contributed by atoms with Gasteiger partial charge in [0.05, 0.1) is 0 Å². The Kier molecular flexibility index (Phi) is 2.10. The molecule has 0 N–H and O–H groups in total. The lowest BCUT2D eigenvalue weighted by molar-refractivity contribution is 0.827. The number of nitrogens with zero attached hydrogens (tertiary/aromatic N) is 4. The van der Waals surface area contributed by atoms with E-state index in [2.05, 4.69) is 31.0 Å². The number of hydrogen-bond donors (Lipinski definition) is 0. The lowest BCUT2D eigenvalue weighted by atomic mass is 10.4. The maximum absolute atomic E-state index is 4.18. The molecule has 5 heteroatoms. The maximum Gasteiger partial charge on any atom is 0.198 e. The highest BCUT2D eigenvalue weighted by Gasteiger charge is 2.00. The van der Waals surface area contributed by atoms with Crippen molar-refractivity contribution >= 4 is 15.9 Å². The van der Waals surface area contributed by atoms with E-state index in [1.165, 1.54) is 0 Å². The lowest BCUT2D eigenvalue weighted by Gasteiger charge is -2.01. The number of rotatable bonds is 1. The van der Waals surface area contributed by atoms with Gasteiger partial charge in [-0.3, -0.25) is 0 Å². The molecule has 0 fully saturated rings. The Bertz CT molecular complexity index is 390. The highest BCUT2D eigenvalue weighted by molar-refractivity contribution is 9.10. The van der Waals surface area contributed by atoms with Crippen LogP contribution in [0.4, 0.5) is 0 Å². The Labute approximate surface area is 83.8 Å². The number of hydrogen-bond acceptors (Lipinski definition) is 3. The molecule has 0 aliphatic carbocycles. The summed E-state index contributed by atoms with van der Waals surface area (Å²) in [4.78, 5) is 8.29. The minimum absolute atomic E-state index is 0.581. The standard InChI is InChI=1S/C8H7BrN4/c1-6-5-7(12-8(9)11-6)13-4-2-3-10-13/h2-5H,1H3. The van der Waals surface area contributed by atoms with E-state index in [1.807, 2.05) is 25.3 Å². The summed E-state index contributed by atoms with van der Waals surface area (Å²) in [6.45, 7) is 1.92. The fourth-order valence-electron chi connectivity index (χ4n) is 1.04. The molecule has 0 unspecified atom stereocenters. The second-order valence-corrected chi connectivity index (χ2v) is 3.30. The van der Waals surface area contributed by atoms with Crippen LogP contribution in [0, 0.1) is 6.92 Å². The molecule has 0 aliphatic heterocycles. The average molecular weight is 239 g/mol. The van der Waals surface area contributed by atoms with Gasteiger partial charge in [0.15, 0.2) is 10.6 Å². The van der Waals surface area contributed by atoms with Gasteiger partial charge in [0.2, 0.25) is 0 Å². The zero-order valence-corrected chi connectivity index (χ0v) is 8.56. The highest BCUT2D eigenvalue weighted by Crippen LogP contribution is 2.08. The summed E-state index contributed by atoms with van der Waals surface area (Å²) in [5, 5.41) is 4.07. The number of aromatic nitrogens is 4. The van der Waals surface area contributed by atoms with Crippen molar-refractivity contribution in [1.29, 1.82) is 0 Å². The molecule has 2 heterocycles. The summed E-state index contributed by atoms with van der Waals surface area (Å²) in [6, 6.07) is 3.73. The molecule has 0 atom stereocenters. The highest BCUT2D eigenvalue weighted by atomic mass is 79.9. The zero-order chi connectivity index (χ0) is 9.26. The third-order valence-electron chi connectivity index (χ3n) is 1.55. The van der Waals surface area contributed by atoms with E-state index in [0.29, 0.717) is 4.73 Å². The van der Waals surface area contributed by atoms with E-state index in [4.69, 9.17) is 0 Å². The van der Waals surface area contributed by atoms with E-state index in [0.717, 1.165) is 11.5 Å². The van der Waals surface area contributed by atoms with Crippen LogP contribution in [0.25, 0.3) is 5.82 Å². The van der Waals surface area contributed by atoms with E-state index >= 15 is 0 Å². The van der Waals surface area contributed by atoms with Gasteiger partial charge in [-0.15, -0.1) is 0 Å². The molecule has 66 valence electrons. The Morgan fingerprint density at radius 1 is 1.38 bits per heavy atom. The molecule has 0 amide bonds. The van der Waals surface area contributed by atoms with E-state index in [9.17, 15) is 0 Å². The monoisotopic (exact) mass is 238 g/mol. The molecule has 0 spiro atoms. The quantitative estimate of drug-likeness (QED) is 0.712.